The van der Waals surface area contributed by atoms with Crippen molar-refractivity contribution >= 4 is 5.82 Å². The Balaban J connectivity index is 1.99. The summed E-state index contributed by atoms with van der Waals surface area (Å²) in [5.74, 6) is 1.29. The average Bonchev–Trinajstić information content (AvgIpc) is 2.31. The Morgan fingerprint density at radius 3 is 2.94 bits per heavy atom. The number of hydrogen-bond donors (Lipinski definition) is 2. The van der Waals surface area contributed by atoms with Gasteiger partial charge in [0.15, 0.2) is 5.82 Å². The topological polar surface area (TPSA) is 61.0 Å². The van der Waals surface area contributed by atoms with Gasteiger partial charge in [0.05, 0.1) is 0 Å². The quantitative estimate of drug-likeness (QED) is 0.767. The van der Waals surface area contributed by atoms with Crippen LogP contribution in [0.25, 0.3) is 0 Å². The fraction of sp³-hybridized carbons (Fsp3) is 0.636. The molecule has 2 rings (SSSR count). The first-order valence-corrected chi connectivity index (χ1v) is 5.74. The molecule has 1 aromatic rings. The van der Waals surface area contributed by atoms with Gasteiger partial charge in [-0.05, 0) is 32.4 Å². The molecule has 0 aromatic carbocycles. The van der Waals surface area contributed by atoms with Gasteiger partial charge in [0.1, 0.15) is 0 Å². The number of anilines is 1. The summed E-state index contributed by atoms with van der Waals surface area (Å²) in [4.78, 5) is 20.4. The lowest BCUT2D eigenvalue weighted by Gasteiger charge is -2.31. The van der Waals surface area contributed by atoms with Crippen LogP contribution in [0.4, 0.5) is 5.82 Å². The summed E-state index contributed by atoms with van der Waals surface area (Å²) in [5, 5.41) is 3.20. The van der Waals surface area contributed by atoms with Crippen LogP contribution in [-0.4, -0.2) is 36.6 Å². The van der Waals surface area contributed by atoms with Crippen LogP contribution < -0.4 is 15.8 Å². The van der Waals surface area contributed by atoms with Crippen LogP contribution >= 0.6 is 0 Å². The summed E-state index contributed by atoms with van der Waals surface area (Å²) in [7, 11) is 1.98. The molecule has 1 saturated heterocycles. The van der Waals surface area contributed by atoms with Crippen LogP contribution in [0.15, 0.2) is 17.2 Å². The molecule has 0 bridgehead atoms. The number of nitrogens with zero attached hydrogens (tertiary/aromatic N) is 2. The molecule has 0 atom stereocenters. The van der Waals surface area contributed by atoms with E-state index < -0.39 is 0 Å². The maximum atomic E-state index is 11.6. The highest BCUT2D eigenvalue weighted by molar-refractivity contribution is 5.35. The molecule has 0 radical (unpaired) electrons. The first kappa shape index (κ1) is 11.1. The van der Waals surface area contributed by atoms with Gasteiger partial charge in [0.25, 0.3) is 5.56 Å². The standard InChI is InChI=1S/C11H18N4O/c1-12-8-9-2-6-15(7-3-9)10-11(16)14-5-4-13-10/h4-5,9,12H,2-3,6-8H2,1H3,(H,14,16). The summed E-state index contributed by atoms with van der Waals surface area (Å²) in [6.07, 6.45) is 5.45. The van der Waals surface area contributed by atoms with Gasteiger partial charge in [-0.2, -0.15) is 0 Å². The number of aromatic nitrogens is 2. The summed E-state index contributed by atoms with van der Waals surface area (Å²) in [6, 6.07) is 0. The van der Waals surface area contributed by atoms with Crippen molar-refractivity contribution in [2.75, 3.05) is 31.6 Å². The van der Waals surface area contributed by atoms with Gasteiger partial charge in [-0.1, -0.05) is 0 Å². The van der Waals surface area contributed by atoms with Crippen molar-refractivity contribution in [1.29, 1.82) is 0 Å². The van der Waals surface area contributed by atoms with Crippen molar-refractivity contribution in [3.8, 4) is 0 Å². The highest BCUT2D eigenvalue weighted by atomic mass is 16.1. The summed E-state index contributed by atoms with van der Waals surface area (Å²) >= 11 is 0. The molecule has 1 aliphatic rings. The molecule has 0 saturated carbocycles. The third kappa shape index (κ3) is 2.41. The van der Waals surface area contributed by atoms with E-state index in [1.807, 2.05) is 7.05 Å². The molecule has 1 aliphatic heterocycles. The van der Waals surface area contributed by atoms with Crippen molar-refractivity contribution in [1.82, 2.24) is 15.3 Å². The van der Waals surface area contributed by atoms with E-state index in [-0.39, 0.29) is 5.56 Å². The van der Waals surface area contributed by atoms with Gasteiger partial charge >= 0.3 is 0 Å². The number of piperidine rings is 1. The zero-order valence-corrected chi connectivity index (χ0v) is 9.57. The van der Waals surface area contributed by atoms with Gasteiger partial charge in [0.2, 0.25) is 0 Å². The van der Waals surface area contributed by atoms with Crippen molar-refractivity contribution in [2.24, 2.45) is 5.92 Å². The first-order chi connectivity index (χ1) is 7.81. The highest BCUT2D eigenvalue weighted by Crippen LogP contribution is 2.18. The molecule has 0 amide bonds. The van der Waals surface area contributed by atoms with E-state index >= 15 is 0 Å². The van der Waals surface area contributed by atoms with Crippen LogP contribution in [-0.2, 0) is 0 Å². The van der Waals surface area contributed by atoms with Crippen LogP contribution in [0.5, 0.6) is 0 Å². The van der Waals surface area contributed by atoms with Gasteiger partial charge in [-0.15, -0.1) is 0 Å². The minimum atomic E-state index is -0.0884. The minimum absolute atomic E-state index is 0.0884. The molecule has 2 heterocycles. The van der Waals surface area contributed by atoms with Crippen LogP contribution in [0.3, 0.4) is 0 Å². The lowest BCUT2D eigenvalue weighted by Crippen LogP contribution is -2.39. The zero-order valence-electron chi connectivity index (χ0n) is 9.57. The summed E-state index contributed by atoms with van der Waals surface area (Å²) in [6.45, 7) is 2.91. The lowest BCUT2D eigenvalue weighted by atomic mass is 9.97. The van der Waals surface area contributed by atoms with E-state index in [0.717, 1.165) is 38.4 Å². The smallest absolute Gasteiger partial charge is 0.290 e. The number of rotatable bonds is 3. The molecule has 16 heavy (non-hydrogen) atoms. The number of hydrogen-bond acceptors (Lipinski definition) is 4. The number of aromatic amines is 1. The second-order valence-corrected chi connectivity index (χ2v) is 4.23. The molecule has 2 N–H and O–H groups in total. The van der Waals surface area contributed by atoms with E-state index in [1.165, 1.54) is 0 Å². The molecule has 0 aliphatic carbocycles. The van der Waals surface area contributed by atoms with E-state index in [0.29, 0.717) is 5.82 Å². The minimum Gasteiger partial charge on any atom is -0.352 e. The Kier molecular flexibility index (Phi) is 3.56. The van der Waals surface area contributed by atoms with Crippen LogP contribution in [0.2, 0.25) is 0 Å². The van der Waals surface area contributed by atoms with E-state index in [2.05, 4.69) is 20.2 Å². The van der Waals surface area contributed by atoms with E-state index in [1.54, 1.807) is 12.4 Å². The molecular formula is C11H18N4O. The molecule has 0 spiro atoms. The fourth-order valence-corrected chi connectivity index (χ4v) is 2.21. The normalized spacial score (nSPS) is 17.7. The van der Waals surface area contributed by atoms with E-state index in [4.69, 9.17) is 0 Å². The number of nitrogens with one attached hydrogen (secondary N) is 2. The SMILES string of the molecule is CNCC1CCN(c2ncc[nH]c2=O)CC1. The Morgan fingerprint density at radius 2 is 2.31 bits per heavy atom. The molecule has 1 fully saturated rings. The maximum absolute atomic E-state index is 11.6. The second kappa shape index (κ2) is 5.12. The fourth-order valence-electron chi connectivity index (χ4n) is 2.21. The zero-order chi connectivity index (χ0) is 11.4. The molecule has 5 nitrogen and oxygen atoms in total. The predicted molar refractivity (Wildman–Crippen MR) is 63.7 cm³/mol. The Labute approximate surface area is 94.9 Å². The lowest BCUT2D eigenvalue weighted by molar-refractivity contribution is 0.392. The third-order valence-corrected chi connectivity index (χ3v) is 3.10. The van der Waals surface area contributed by atoms with Gasteiger partial charge < -0.3 is 15.2 Å². The average molecular weight is 222 g/mol. The maximum Gasteiger partial charge on any atom is 0.290 e. The Bertz CT molecular complexity index is 382. The summed E-state index contributed by atoms with van der Waals surface area (Å²) in [5.41, 5.74) is -0.0884. The largest absolute Gasteiger partial charge is 0.352 e. The van der Waals surface area contributed by atoms with Gasteiger partial charge in [-0.25, -0.2) is 4.98 Å². The van der Waals surface area contributed by atoms with Gasteiger partial charge in [-0.3, -0.25) is 4.79 Å². The number of H-pyrrole nitrogens is 1. The Hall–Kier alpha value is -1.36. The van der Waals surface area contributed by atoms with Gasteiger partial charge in [0, 0.05) is 25.5 Å². The molecule has 5 heteroatoms. The van der Waals surface area contributed by atoms with Crippen molar-refractivity contribution in [3.05, 3.63) is 22.7 Å². The predicted octanol–water partition coefficient (Wildman–Crippen LogP) is 0.206. The Morgan fingerprint density at radius 1 is 1.56 bits per heavy atom. The summed E-state index contributed by atoms with van der Waals surface area (Å²) < 4.78 is 0. The third-order valence-electron chi connectivity index (χ3n) is 3.10. The molecular weight excluding hydrogens is 204 g/mol. The second-order valence-electron chi connectivity index (χ2n) is 4.23. The highest BCUT2D eigenvalue weighted by Gasteiger charge is 2.20. The molecule has 88 valence electrons. The first-order valence-electron chi connectivity index (χ1n) is 5.74. The van der Waals surface area contributed by atoms with Crippen molar-refractivity contribution in [2.45, 2.75) is 12.8 Å². The van der Waals surface area contributed by atoms with Crippen LogP contribution in [0, 0.1) is 5.92 Å². The van der Waals surface area contributed by atoms with E-state index in [9.17, 15) is 4.79 Å². The van der Waals surface area contributed by atoms with Crippen LogP contribution in [0.1, 0.15) is 12.8 Å². The molecule has 1 aromatic heterocycles. The van der Waals surface area contributed by atoms with Crippen molar-refractivity contribution < 1.29 is 0 Å². The van der Waals surface area contributed by atoms with Crippen molar-refractivity contribution in [3.63, 3.8) is 0 Å². The monoisotopic (exact) mass is 222 g/mol. The molecule has 0 unspecified atom stereocenters.